The van der Waals surface area contributed by atoms with Crippen LogP contribution in [-0.2, 0) is 0 Å². The summed E-state index contributed by atoms with van der Waals surface area (Å²) in [6.07, 6.45) is 0. The average Bonchev–Trinajstić information content (AvgIpc) is 3.35. The average molecular weight is 419 g/mol. The number of rotatable bonds is 4. The normalized spacial score (nSPS) is 13.8. The molecule has 2 nitrogen and oxygen atoms in total. The van der Waals surface area contributed by atoms with Crippen LogP contribution in [-0.4, -0.2) is 9.55 Å². The van der Waals surface area contributed by atoms with E-state index in [-0.39, 0.29) is 11.3 Å². The predicted molar refractivity (Wildman–Crippen MR) is 130 cm³/mol. The van der Waals surface area contributed by atoms with Crippen LogP contribution in [0.4, 0.5) is 0 Å². The molecular formula is C28H22N2S. The number of thioether (sulfide) groups is 1. The van der Waals surface area contributed by atoms with Crippen molar-refractivity contribution in [1.82, 2.24) is 9.55 Å². The third kappa shape index (κ3) is 3.00. The summed E-state index contributed by atoms with van der Waals surface area (Å²) in [5.74, 6) is 0. The number of hydrogen-bond donors (Lipinski definition) is 0. The number of imidazole rings is 1. The Balaban J connectivity index is 1.51. The first-order valence-electron chi connectivity index (χ1n) is 10.7. The molecule has 0 radical (unpaired) electrons. The Kier molecular flexibility index (Phi) is 4.43. The van der Waals surface area contributed by atoms with E-state index in [0.29, 0.717) is 0 Å². The molecule has 6 rings (SSSR count). The van der Waals surface area contributed by atoms with Crippen LogP contribution in [0.5, 0.6) is 0 Å². The number of para-hydroxylation sites is 2. The van der Waals surface area contributed by atoms with Gasteiger partial charge in [-0.25, -0.2) is 4.98 Å². The van der Waals surface area contributed by atoms with Crippen LogP contribution in [0.1, 0.15) is 34.9 Å². The molecule has 0 amide bonds. The molecule has 1 aliphatic carbocycles. The Morgan fingerprint density at radius 2 is 1.29 bits per heavy atom. The molecular weight excluding hydrogens is 396 g/mol. The molecule has 0 N–H and O–H groups in total. The molecule has 1 unspecified atom stereocenters. The van der Waals surface area contributed by atoms with Gasteiger partial charge in [0.25, 0.3) is 0 Å². The summed E-state index contributed by atoms with van der Waals surface area (Å²) in [5.41, 5.74) is 8.95. The summed E-state index contributed by atoms with van der Waals surface area (Å²) < 4.78 is 2.40. The van der Waals surface area contributed by atoms with Crippen molar-refractivity contribution < 1.29 is 0 Å². The van der Waals surface area contributed by atoms with Gasteiger partial charge in [0, 0.05) is 0 Å². The van der Waals surface area contributed by atoms with Gasteiger partial charge in [-0.2, -0.15) is 0 Å². The summed E-state index contributed by atoms with van der Waals surface area (Å²) in [7, 11) is 0. The maximum absolute atomic E-state index is 5.09. The SMILES string of the molecule is CC(c1ccccc1)n1c(SC2c3ccccc3-c3ccccc32)nc2ccccc21. The maximum atomic E-state index is 5.09. The first-order valence-corrected chi connectivity index (χ1v) is 11.6. The quantitative estimate of drug-likeness (QED) is 0.300. The Bertz CT molecular complexity index is 1340. The van der Waals surface area contributed by atoms with Gasteiger partial charge in [0.1, 0.15) is 0 Å². The second kappa shape index (κ2) is 7.44. The number of nitrogens with zero attached hydrogens (tertiary/aromatic N) is 2. The number of aromatic nitrogens is 2. The lowest BCUT2D eigenvalue weighted by atomic mass is 10.1. The van der Waals surface area contributed by atoms with Gasteiger partial charge in [0.2, 0.25) is 0 Å². The monoisotopic (exact) mass is 418 g/mol. The summed E-state index contributed by atoms with van der Waals surface area (Å²) in [6, 6.07) is 36.9. The fraction of sp³-hybridized carbons (Fsp3) is 0.107. The third-order valence-corrected chi connectivity index (χ3v) is 7.48. The second-order valence-corrected chi connectivity index (χ2v) is 9.08. The molecule has 0 saturated carbocycles. The molecule has 1 aliphatic rings. The zero-order chi connectivity index (χ0) is 20.8. The number of hydrogen-bond acceptors (Lipinski definition) is 2. The number of benzene rings is 4. The summed E-state index contributed by atoms with van der Waals surface area (Å²) >= 11 is 1.86. The number of fused-ring (bicyclic) bond motifs is 4. The zero-order valence-electron chi connectivity index (χ0n) is 17.3. The van der Waals surface area contributed by atoms with Crippen LogP contribution < -0.4 is 0 Å². The van der Waals surface area contributed by atoms with Crippen LogP contribution in [0.3, 0.4) is 0 Å². The van der Waals surface area contributed by atoms with Gasteiger partial charge in [-0.15, -0.1) is 0 Å². The molecule has 1 atom stereocenters. The minimum absolute atomic E-state index is 0.197. The minimum Gasteiger partial charge on any atom is -0.312 e. The highest BCUT2D eigenvalue weighted by Gasteiger charge is 2.31. The van der Waals surface area contributed by atoms with E-state index in [1.807, 2.05) is 11.8 Å². The molecule has 1 aromatic heterocycles. The van der Waals surface area contributed by atoms with Gasteiger partial charge in [-0.05, 0) is 46.9 Å². The molecule has 3 heteroatoms. The van der Waals surface area contributed by atoms with Crippen LogP contribution in [0.2, 0.25) is 0 Å². The molecule has 150 valence electrons. The Morgan fingerprint density at radius 1 is 0.710 bits per heavy atom. The molecule has 1 heterocycles. The maximum Gasteiger partial charge on any atom is 0.170 e. The zero-order valence-corrected chi connectivity index (χ0v) is 18.1. The second-order valence-electron chi connectivity index (χ2n) is 8.01. The van der Waals surface area contributed by atoms with Crippen molar-refractivity contribution in [2.45, 2.75) is 23.4 Å². The standard InChI is InChI=1S/C28H22N2S/c1-19(20-11-3-2-4-12-20)30-26-18-10-9-17-25(26)29-28(30)31-27-23-15-7-5-13-21(23)22-14-6-8-16-24(22)27/h2-19,27H,1H3. The predicted octanol–water partition coefficient (Wildman–Crippen LogP) is 7.51. The van der Waals surface area contributed by atoms with Gasteiger partial charge in [-0.1, -0.05) is 103 Å². The molecule has 31 heavy (non-hydrogen) atoms. The van der Waals surface area contributed by atoms with E-state index in [1.54, 1.807) is 0 Å². The smallest absolute Gasteiger partial charge is 0.170 e. The van der Waals surface area contributed by atoms with Gasteiger partial charge in [-0.3, -0.25) is 0 Å². The van der Waals surface area contributed by atoms with Crippen LogP contribution in [0.25, 0.3) is 22.2 Å². The molecule has 0 spiro atoms. The van der Waals surface area contributed by atoms with E-state index < -0.39 is 0 Å². The lowest BCUT2D eigenvalue weighted by Crippen LogP contribution is -2.08. The van der Waals surface area contributed by atoms with Crippen LogP contribution in [0.15, 0.2) is 108 Å². The van der Waals surface area contributed by atoms with Gasteiger partial charge >= 0.3 is 0 Å². The molecule has 4 aromatic carbocycles. The van der Waals surface area contributed by atoms with Crippen molar-refractivity contribution in [1.29, 1.82) is 0 Å². The van der Waals surface area contributed by atoms with Crippen molar-refractivity contribution in [3.05, 3.63) is 120 Å². The van der Waals surface area contributed by atoms with Gasteiger partial charge in [0.15, 0.2) is 5.16 Å². The highest BCUT2D eigenvalue weighted by molar-refractivity contribution is 7.99. The van der Waals surface area contributed by atoms with Crippen molar-refractivity contribution >= 4 is 22.8 Å². The lowest BCUT2D eigenvalue weighted by molar-refractivity contribution is 0.600. The molecule has 5 aromatic rings. The first kappa shape index (κ1) is 18.5. The highest BCUT2D eigenvalue weighted by Crippen LogP contribution is 2.52. The summed E-state index contributed by atoms with van der Waals surface area (Å²) in [5, 5.41) is 1.31. The highest BCUT2D eigenvalue weighted by atomic mass is 32.2. The molecule has 0 saturated heterocycles. The van der Waals surface area contributed by atoms with E-state index in [4.69, 9.17) is 4.98 Å². The van der Waals surface area contributed by atoms with Gasteiger partial charge < -0.3 is 4.57 Å². The fourth-order valence-corrected chi connectivity index (χ4v) is 6.10. The Hall–Kier alpha value is -3.30. The van der Waals surface area contributed by atoms with Crippen LogP contribution >= 0.6 is 11.8 Å². The van der Waals surface area contributed by atoms with E-state index >= 15 is 0 Å². The largest absolute Gasteiger partial charge is 0.312 e. The minimum atomic E-state index is 0.197. The molecule has 0 bridgehead atoms. The first-order chi connectivity index (χ1) is 15.3. The van der Waals surface area contributed by atoms with Crippen LogP contribution in [0, 0.1) is 0 Å². The summed E-state index contributed by atoms with van der Waals surface area (Å²) in [4.78, 5) is 5.09. The molecule has 0 aliphatic heterocycles. The van der Waals surface area contributed by atoms with E-state index in [9.17, 15) is 0 Å². The lowest BCUT2D eigenvalue weighted by Gasteiger charge is -2.20. The van der Waals surface area contributed by atoms with Crippen molar-refractivity contribution in [2.75, 3.05) is 0 Å². The molecule has 0 fully saturated rings. The van der Waals surface area contributed by atoms with Crippen molar-refractivity contribution in [3.63, 3.8) is 0 Å². The fourth-order valence-electron chi connectivity index (χ4n) is 4.70. The topological polar surface area (TPSA) is 17.8 Å². The Morgan fingerprint density at radius 3 is 2.00 bits per heavy atom. The van der Waals surface area contributed by atoms with Gasteiger partial charge in [0.05, 0.1) is 22.3 Å². The van der Waals surface area contributed by atoms with E-state index in [0.717, 1.165) is 10.7 Å². The van der Waals surface area contributed by atoms with Crippen molar-refractivity contribution in [2.24, 2.45) is 0 Å². The van der Waals surface area contributed by atoms with E-state index in [2.05, 4.69) is 115 Å². The Labute approximate surface area is 186 Å². The summed E-state index contributed by atoms with van der Waals surface area (Å²) in [6.45, 7) is 2.27. The van der Waals surface area contributed by atoms with E-state index in [1.165, 1.54) is 33.3 Å². The van der Waals surface area contributed by atoms with Crippen molar-refractivity contribution in [3.8, 4) is 11.1 Å². The third-order valence-electron chi connectivity index (χ3n) is 6.23.